The molecule has 0 radical (unpaired) electrons. The molecule has 152 valence electrons. The Labute approximate surface area is 172 Å². The van der Waals surface area contributed by atoms with E-state index in [2.05, 4.69) is 25.6 Å². The van der Waals surface area contributed by atoms with Crippen LogP contribution in [0.1, 0.15) is 19.5 Å². The lowest BCUT2D eigenvalue weighted by molar-refractivity contribution is -0.384. The largest absolute Gasteiger partial charge is 0.350 e. The number of benzene rings is 1. The van der Waals surface area contributed by atoms with Crippen molar-refractivity contribution in [3.05, 3.63) is 84.0 Å². The SMILES string of the molecule is CCC(Nc1ccc([N+](=O)[O-])c(Nc2ccc(-n3ccnc3)cc2)n1)n1ccnc1. The van der Waals surface area contributed by atoms with E-state index >= 15 is 0 Å². The fourth-order valence-corrected chi connectivity index (χ4v) is 3.05. The summed E-state index contributed by atoms with van der Waals surface area (Å²) >= 11 is 0. The first-order valence-corrected chi connectivity index (χ1v) is 9.39. The van der Waals surface area contributed by atoms with Gasteiger partial charge in [0.1, 0.15) is 12.0 Å². The third-order valence-corrected chi connectivity index (χ3v) is 4.59. The molecule has 0 spiro atoms. The van der Waals surface area contributed by atoms with E-state index in [0.717, 1.165) is 12.1 Å². The lowest BCUT2D eigenvalue weighted by atomic mass is 10.2. The van der Waals surface area contributed by atoms with Crippen LogP contribution in [0.3, 0.4) is 0 Å². The highest BCUT2D eigenvalue weighted by atomic mass is 16.6. The fraction of sp³-hybridized carbons (Fsp3) is 0.150. The maximum atomic E-state index is 11.5. The van der Waals surface area contributed by atoms with Gasteiger partial charge in [0.15, 0.2) is 0 Å². The molecule has 3 aromatic heterocycles. The van der Waals surface area contributed by atoms with Crippen molar-refractivity contribution < 1.29 is 4.92 Å². The van der Waals surface area contributed by atoms with E-state index < -0.39 is 4.92 Å². The van der Waals surface area contributed by atoms with Crippen LogP contribution in [-0.2, 0) is 0 Å². The van der Waals surface area contributed by atoms with E-state index in [1.54, 1.807) is 31.1 Å². The zero-order valence-corrected chi connectivity index (χ0v) is 16.2. The van der Waals surface area contributed by atoms with E-state index in [9.17, 15) is 10.1 Å². The van der Waals surface area contributed by atoms with Crippen LogP contribution in [0.4, 0.5) is 23.0 Å². The van der Waals surface area contributed by atoms with Crippen molar-refractivity contribution in [2.75, 3.05) is 10.6 Å². The number of hydrogen-bond donors (Lipinski definition) is 2. The molecule has 0 saturated carbocycles. The van der Waals surface area contributed by atoms with Crippen molar-refractivity contribution in [3.63, 3.8) is 0 Å². The number of imidazole rings is 2. The highest BCUT2D eigenvalue weighted by Gasteiger charge is 2.18. The lowest BCUT2D eigenvalue weighted by Crippen LogP contribution is -2.17. The molecule has 10 heteroatoms. The number of nitrogens with one attached hydrogen (secondary N) is 2. The van der Waals surface area contributed by atoms with Crippen molar-refractivity contribution >= 4 is 23.0 Å². The highest BCUT2D eigenvalue weighted by molar-refractivity contribution is 5.68. The molecule has 0 aliphatic heterocycles. The van der Waals surface area contributed by atoms with Gasteiger partial charge in [0.2, 0.25) is 5.82 Å². The Hall–Kier alpha value is -4.21. The van der Waals surface area contributed by atoms with Gasteiger partial charge in [0.25, 0.3) is 0 Å². The third-order valence-electron chi connectivity index (χ3n) is 4.59. The predicted octanol–water partition coefficient (Wildman–Crippen LogP) is 4.14. The van der Waals surface area contributed by atoms with Gasteiger partial charge in [-0.25, -0.2) is 15.0 Å². The molecule has 2 N–H and O–H groups in total. The second-order valence-electron chi connectivity index (χ2n) is 6.54. The Morgan fingerprint density at radius 1 is 1.07 bits per heavy atom. The molecule has 4 rings (SSSR count). The minimum absolute atomic E-state index is 0.0660. The standard InChI is InChI=1S/C20H20N8O2/c1-2-19(27-12-10-22-14-27)24-18-8-7-17(28(29)30)20(25-18)23-15-3-5-16(6-4-15)26-11-9-21-13-26/h3-14,19H,2H2,1H3,(H2,23,24,25). The topological polar surface area (TPSA) is 116 Å². The second-order valence-corrected chi connectivity index (χ2v) is 6.54. The number of nitro groups is 1. The molecule has 3 heterocycles. The molecule has 0 fully saturated rings. The number of hydrogen-bond acceptors (Lipinski definition) is 7. The van der Waals surface area contributed by atoms with Gasteiger partial charge in [-0.1, -0.05) is 6.92 Å². The van der Waals surface area contributed by atoms with E-state index in [4.69, 9.17) is 0 Å². The molecular weight excluding hydrogens is 384 g/mol. The molecule has 0 amide bonds. The van der Waals surface area contributed by atoms with Gasteiger partial charge in [-0.05, 0) is 36.8 Å². The summed E-state index contributed by atoms with van der Waals surface area (Å²) in [6.07, 6.45) is 11.2. The van der Waals surface area contributed by atoms with Gasteiger partial charge >= 0.3 is 5.69 Å². The summed E-state index contributed by atoms with van der Waals surface area (Å²) in [6.45, 7) is 2.03. The monoisotopic (exact) mass is 404 g/mol. The number of nitrogens with zero attached hydrogens (tertiary/aromatic N) is 6. The Bertz CT molecular complexity index is 1110. The molecule has 1 unspecified atom stereocenters. The maximum absolute atomic E-state index is 11.5. The summed E-state index contributed by atoms with van der Waals surface area (Å²) in [5.74, 6) is 0.694. The molecule has 0 saturated heterocycles. The zero-order chi connectivity index (χ0) is 20.9. The average molecular weight is 404 g/mol. The van der Waals surface area contributed by atoms with Crippen molar-refractivity contribution in [2.24, 2.45) is 0 Å². The first-order valence-electron chi connectivity index (χ1n) is 9.39. The van der Waals surface area contributed by atoms with Gasteiger partial charge in [0.05, 0.1) is 17.6 Å². The second kappa shape index (κ2) is 8.43. The van der Waals surface area contributed by atoms with Gasteiger partial charge in [-0.3, -0.25) is 10.1 Å². The fourth-order valence-electron chi connectivity index (χ4n) is 3.05. The molecule has 30 heavy (non-hydrogen) atoms. The first-order chi connectivity index (χ1) is 14.6. The van der Waals surface area contributed by atoms with Gasteiger partial charge in [-0.2, -0.15) is 0 Å². The Morgan fingerprint density at radius 3 is 2.47 bits per heavy atom. The number of pyridine rings is 1. The van der Waals surface area contributed by atoms with Crippen molar-refractivity contribution in [1.82, 2.24) is 24.1 Å². The third kappa shape index (κ3) is 4.12. The first kappa shape index (κ1) is 19.1. The molecule has 0 aliphatic carbocycles. The average Bonchev–Trinajstić information content (AvgIpc) is 3.47. The smallest absolute Gasteiger partial charge is 0.311 e. The van der Waals surface area contributed by atoms with Crippen molar-refractivity contribution in [1.29, 1.82) is 0 Å². The minimum Gasteiger partial charge on any atom is -0.350 e. The number of aromatic nitrogens is 5. The molecule has 10 nitrogen and oxygen atoms in total. The zero-order valence-electron chi connectivity index (χ0n) is 16.2. The van der Waals surface area contributed by atoms with E-state index in [0.29, 0.717) is 11.5 Å². The van der Waals surface area contributed by atoms with Crippen LogP contribution in [0.2, 0.25) is 0 Å². The molecule has 0 aliphatic rings. The summed E-state index contributed by atoms with van der Waals surface area (Å²) in [4.78, 5) is 23.6. The normalized spacial score (nSPS) is 11.8. The van der Waals surface area contributed by atoms with Crippen LogP contribution in [0.15, 0.2) is 73.8 Å². The molecule has 4 aromatic rings. The minimum atomic E-state index is -0.452. The van der Waals surface area contributed by atoms with Crippen LogP contribution in [-0.4, -0.2) is 29.0 Å². The lowest BCUT2D eigenvalue weighted by Gasteiger charge is -2.19. The number of rotatable bonds is 8. The molecule has 1 aromatic carbocycles. The van der Waals surface area contributed by atoms with Crippen LogP contribution in [0.25, 0.3) is 5.69 Å². The predicted molar refractivity (Wildman–Crippen MR) is 113 cm³/mol. The highest BCUT2D eigenvalue weighted by Crippen LogP contribution is 2.28. The Balaban J connectivity index is 1.58. The Kier molecular flexibility index (Phi) is 5.37. The van der Waals surface area contributed by atoms with Crippen molar-refractivity contribution in [2.45, 2.75) is 19.5 Å². The summed E-state index contributed by atoms with van der Waals surface area (Å²) < 4.78 is 3.79. The van der Waals surface area contributed by atoms with Gasteiger partial charge < -0.3 is 19.8 Å². The van der Waals surface area contributed by atoms with Crippen LogP contribution < -0.4 is 10.6 Å². The van der Waals surface area contributed by atoms with Gasteiger partial charge in [-0.15, -0.1) is 0 Å². The summed E-state index contributed by atoms with van der Waals surface area (Å²) in [7, 11) is 0. The van der Waals surface area contributed by atoms with Crippen LogP contribution >= 0.6 is 0 Å². The molecule has 0 bridgehead atoms. The summed E-state index contributed by atoms with van der Waals surface area (Å²) in [6, 6.07) is 10.5. The van der Waals surface area contributed by atoms with Gasteiger partial charge in [0, 0.05) is 42.2 Å². The maximum Gasteiger partial charge on any atom is 0.311 e. The Morgan fingerprint density at radius 2 is 1.83 bits per heavy atom. The summed E-state index contributed by atoms with van der Waals surface area (Å²) in [5, 5.41) is 17.8. The van der Waals surface area contributed by atoms with Crippen LogP contribution in [0.5, 0.6) is 0 Å². The van der Waals surface area contributed by atoms with E-state index in [-0.39, 0.29) is 17.7 Å². The summed E-state index contributed by atoms with van der Waals surface area (Å²) in [5.41, 5.74) is 1.52. The van der Waals surface area contributed by atoms with E-state index in [1.165, 1.54) is 6.07 Å². The number of anilines is 3. The molecular formula is C20H20N8O2. The van der Waals surface area contributed by atoms with Crippen LogP contribution in [0, 0.1) is 10.1 Å². The van der Waals surface area contributed by atoms with E-state index in [1.807, 2.05) is 52.7 Å². The van der Waals surface area contributed by atoms with Crippen molar-refractivity contribution in [3.8, 4) is 5.69 Å². The quantitative estimate of drug-likeness (QED) is 0.335. The molecule has 1 atom stereocenters.